The Morgan fingerprint density at radius 2 is 1.96 bits per heavy atom. The van der Waals surface area contributed by atoms with E-state index in [-0.39, 0.29) is 5.91 Å². The predicted molar refractivity (Wildman–Crippen MR) is 104 cm³/mol. The van der Waals surface area contributed by atoms with E-state index >= 15 is 0 Å². The Labute approximate surface area is 159 Å². The van der Waals surface area contributed by atoms with Gasteiger partial charge in [0.05, 0.1) is 10.7 Å². The van der Waals surface area contributed by atoms with E-state index in [9.17, 15) is 4.79 Å². The molecule has 1 saturated carbocycles. The molecule has 26 heavy (non-hydrogen) atoms. The number of hydrogen-bond acceptors (Lipinski definition) is 4. The lowest BCUT2D eigenvalue weighted by Crippen LogP contribution is -2.44. The van der Waals surface area contributed by atoms with Crippen LogP contribution in [0.5, 0.6) is 5.75 Å². The zero-order valence-electron chi connectivity index (χ0n) is 15.3. The van der Waals surface area contributed by atoms with Crippen LogP contribution in [0.25, 0.3) is 0 Å². The van der Waals surface area contributed by atoms with Gasteiger partial charge in [0.15, 0.2) is 0 Å². The van der Waals surface area contributed by atoms with E-state index in [4.69, 9.17) is 4.74 Å². The number of ether oxygens (including phenoxy) is 1. The highest BCUT2D eigenvalue weighted by Gasteiger charge is 2.33. The molecule has 2 atom stereocenters. The summed E-state index contributed by atoms with van der Waals surface area (Å²) in [6, 6.07) is 7.55. The van der Waals surface area contributed by atoms with Gasteiger partial charge in [-0.15, -0.1) is 11.3 Å². The van der Waals surface area contributed by atoms with Crippen LogP contribution in [0, 0.1) is 18.8 Å². The average Bonchev–Trinajstić information content (AvgIpc) is 3.11. The largest absolute Gasteiger partial charge is 0.487 e. The van der Waals surface area contributed by atoms with E-state index in [2.05, 4.69) is 9.88 Å². The number of aryl methyl sites for hydroxylation is 1. The fourth-order valence-electron chi connectivity index (χ4n) is 4.29. The zero-order chi connectivity index (χ0) is 17.9. The van der Waals surface area contributed by atoms with Crippen molar-refractivity contribution in [3.8, 4) is 5.75 Å². The van der Waals surface area contributed by atoms with Gasteiger partial charge in [-0.1, -0.05) is 19.3 Å². The molecule has 138 valence electrons. The molecule has 0 radical (unpaired) electrons. The van der Waals surface area contributed by atoms with E-state index in [0.717, 1.165) is 41.0 Å². The number of carbonyl (C=O) groups excluding carboxylic acids is 1. The molecule has 0 unspecified atom stereocenters. The fourth-order valence-corrected chi connectivity index (χ4v) is 4.89. The number of fused-ring (bicyclic) bond motifs is 1. The molecule has 5 heteroatoms. The Kier molecular flexibility index (Phi) is 5.25. The van der Waals surface area contributed by atoms with Crippen LogP contribution < -0.4 is 4.74 Å². The first kappa shape index (κ1) is 17.5. The van der Waals surface area contributed by atoms with Crippen LogP contribution in [0.1, 0.15) is 53.2 Å². The molecule has 0 bridgehead atoms. The SMILES string of the molecule is Cc1nc(COc2ccc(C(=O)N3CC[C@H]4CCCC[C@@H]4C3)cc2)cs1. The highest BCUT2D eigenvalue weighted by Crippen LogP contribution is 2.36. The van der Waals surface area contributed by atoms with Gasteiger partial charge in [0.25, 0.3) is 5.91 Å². The van der Waals surface area contributed by atoms with Crippen molar-refractivity contribution < 1.29 is 9.53 Å². The van der Waals surface area contributed by atoms with Crippen molar-refractivity contribution in [1.29, 1.82) is 0 Å². The third kappa shape index (κ3) is 3.93. The number of benzene rings is 1. The van der Waals surface area contributed by atoms with Gasteiger partial charge in [0, 0.05) is 24.0 Å². The highest BCUT2D eigenvalue weighted by molar-refractivity contribution is 7.09. The van der Waals surface area contributed by atoms with E-state index in [1.165, 1.54) is 32.1 Å². The molecule has 0 N–H and O–H groups in total. The van der Waals surface area contributed by atoms with E-state index in [1.54, 1.807) is 11.3 Å². The number of amides is 1. The Balaban J connectivity index is 1.34. The molecule has 1 aromatic carbocycles. The molecule has 1 aromatic heterocycles. The van der Waals surface area contributed by atoms with Crippen LogP contribution in [0.15, 0.2) is 29.6 Å². The van der Waals surface area contributed by atoms with E-state index < -0.39 is 0 Å². The summed E-state index contributed by atoms with van der Waals surface area (Å²) in [6.07, 6.45) is 6.52. The second-order valence-electron chi connectivity index (χ2n) is 7.52. The molecule has 4 rings (SSSR count). The number of likely N-dealkylation sites (tertiary alicyclic amines) is 1. The second-order valence-corrected chi connectivity index (χ2v) is 8.58. The van der Waals surface area contributed by atoms with Gasteiger partial charge in [-0.05, 0) is 55.9 Å². The zero-order valence-corrected chi connectivity index (χ0v) is 16.1. The summed E-state index contributed by atoms with van der Waals surface area (Å²) < 4.78 is 5.78. The Morgan fingerprint density at radius 3 is 2.69 bits per heavy atom. The maximum absolute atomic E-state index is 12.8. The minimum Gasteiger partial charge on any atom is -0.487 e. The summed E-state index contributed by atoms with van der Waals surface area (Å²) in [7, 11) is 0. The van der Waals surface area contributed by atoms with Crippen molar-refractivity contribution in [3.05, 3.63) is 45.9 Å². The first-order valence-corrected chi connectivity index (χ1v) is 10.5. The number of aromatic nitrogens is 1. The van der Waals surface area contributed by atoms with E-state index in [0.29, 0.717) is 12.5 Å². The summed E-state index contributed by atoms with van der Waals surface area (Å²) in [6.45, 7) is 4.30. The molecule has 1 aliphatic carbocycles. The number of rotatable bonds is 4. The predicted octanol–water partition coefficient (Wildman–Crippen LogP) is 4.68. The maximum Gasteiger partial charge on any atom is 0.253 e. The average molecular weight is 371 g/mol. The van der Waals surface area contributed by atoms with Crippen LogP contribution in [0.3, 0.4) is 0 Å². The molecule has 0 spiro atoms. The van der Waals surface area contributed by atoms with Gasteiger partial charge in [-0.3, -0.25) is 4.79 Å². The van der Waals surface area contributed by atoms with Crippen LogP contribution >= 0.6 is 11.3 Å². The number of piperidine rings is 1. The molecule has 2 fully saturated rings. The van der Waals surface area contributed by atoms with Gasteiger partial charge in [-0.2, -0.15) is 0 Å². The lowest BCUT2D eigenvalue weighted by molar-refractivity contribution is 0.0521. The third-order valence-electron chi connectivity index (χ3n) is 5.73. The maximum atomic E-state index is 12.8. The number of carbonyl (C=O) groups is 1. The first-order chi connectivity index (χ1) is 12.7. The van der Waals surface area contributed by atoms with Crippen molar-refractivity contribution in [2.45, 2.75) is 45.6 Å². The second kappa shape index (κ2) is 7.78. The molecule has 1 saturated heterocycles. The van der Waals surface area contributed by atoms with Crippen LogP contribution in [-0.4, -0.2) is 28.9 Å². The summed E-state index contributed by atoms with van der Waals surface area (Å²) in [4.78, 5) is 19.3. The van der Waals surface area contributed by atoms with Gasteiger partial charge < -0.3 is 9.64 Å². The monoisotopic (exact) mass is 370 g/mol. The Morgan fingerprint density at radius 1 is 1.19 bits per heavy atom. The van der Waals surface area contributed by atoms with Crippen molar-refractivity contribution in [3.63, 3.8) is 0 Å². The smallest absolute Gasteiger partial charge is 0.253 e. The van der Waals surface area contributed by atoms with Gasteiger partial charge in [0.1, 0.15) is 12.4 Å². The van der Waals surface area contributed by atoms with Crippen LogP contribution in [-0.2, 0) is 6.61 Å². The molecule has 4 nitrogen and oxygen atoms in total. The standard InChI is InChI=1S/C21H26N2O2S/c1-15-22-19(14-26-15)13-25-20-8-6-17(7-9-20)21(24)23-11-10-16-4-2-3-5-18(16)12-23/h6-9,14,16,18H,2-5,10-13H2,1H3/t16-,18-/m1/s1. The van der Waals surface area contributed by atoms with Crippen LogP contribution in [0.2, 0.25) is 0 Å². The summed E-state index contributed by atoms with van der Waals surface area (Å²) in [5, 5.41) is 3.06. The fraction of sp³-hybridized carbons (Fsp3) is 0.524. The van der Waals surface area contributed by atoms with Crippen molar-refractivity contribution >= 4 is 17.2 Å². The van der Waals surface area contributed by atoms with Gasteiger partial charge >= 0.3 is 0 Å². The molecule has 1 aliphatic heterocycles. The number of nitrogens with zero attached hydrogens (tertiary/aromatic N) is 2. The molecular formula is C21H26N2O2S. The number of hydrogen-bond donors (Lipinski definition) is 0. The van der Waals surface area contributed by atoms with Gasteiger partial charge in [-0.25, -0.2) is 4.98 Å². The lowest BCUT2D eigenvalue weighted by atomic mass is 9.75. The summed E-state index contributed by atoms with van der Waals surface area (Å²) in [5.41, 5.74) is 1.71. The molecule has 2 aromatic rings. The lowest BCUT2D eigenvalue weighted by Gasteiger charge is -2.41. The molecule has 2 heterocycles. The van der Waals surface area contributed by atoms with Crippen molar-refractivity contribution in [2.75, 3.05) is 13.1 Å². The number of thiazole rings is 1. The quantitative estimate of drug-likeness (QED) is 0.784. The van der Waals surface area contributed by atoms with Crippen molar-refractivity contribution in [2.24, 2.45) is 11.8 Å². The first-order valence-electron chi connectivity index (χ1n) is 9.62. The Hall–Kier alpha value is -1.88. The highest BCUT2D eigenvalue weighted by atomic mass is 32.1. The van der Waals surface area contributed by atoms with Gasteiger partial charge in [0.2, 0.25) is 0 Å². The molecule has 2 aliphatic rings. The minimum atomic E-state index is 0.163. The third-order valence-corrected chi connectivity index (χ3v) is 6.56. The molecule has 1 amide bonds. The topological polar surface area (TPSA) is 42.4 Å². The summed E-state index contributed by atoms with van der Waals surface area (Å²) in [5.74, 6) is 2.50. The normalized spacial score (nSPS) is 22.7. The van der Waals surface area contributed by atoms with Crippen LogP contribution in [0.4, 0.5) is 0 Å². The summed E-state index contributed by atoms with van der Waals surface area (Å²) >= 11 is 1.63. The minimum absolute atomic E-state index is 0.163. The van der Waals surface area contributed by atoms with Crippen molar-refractivity contribution in [1.82, 2.24) is 9.88 Å². The Bertz CT molecular complexity index is 756. The van der Waals surface area contributed by atoms with E-state index in [1.807, 2.05) is 36.6 Å². The molecular weight excluding hydrogens is 344 g/mol.